The summed E-state index contributed by atoms with van der Waals surface area (Å²) in [6, 6.07) is 12.8. The fourth-order valence-corrected chi connectivity index (χ4v) is 4.48. The predicted molar refractivity (Wildman–Crippen MR) is 110 cm³/mol. The number of amides is 1. The highest BCUT2D eigenvalue weighted by atomic mass is 35.5. The largest absolute Gasteiger partial charge is 0.324 e. The van der Waals surface area contributed by atoms with E-state index in [1.807, 2.05) is 24.3 Å². The molecular weight excluding hydrogens is 398 g/mol. The summed E-state index contributed by atoms with van der Waals surface area (Å²) < 4.78 is 25.6. The number of rotatable bonds is 3. The maximum absolute atomic E-state index is 13.2. The molecular formula is C20H18ClN3O3S. The highest BCUT2D eigenvalue weighted by Gasteiger charge is 2.34. The lowest BCUT2D eigenvalue weighted by Crippen LogP contribution is -2.41. The summed E-state index contributed by atoms with van der Waals surface area (Å²) in [6.45, 7) is 0.293. The molecule has 28 heavy (non-hydrogen) atoms. The van der Waals surface area contributed by atoms with Gasteiger partial charge in [-0.05, 0) is 23.3 Å². The highest BCUT2D eigenvalue weighted by molar-refractivity contribution is 7.88. The molecule has 3 aromatic rings. The van der Waals surface area contributed by atoms with Gasteiger partial charge in [-0.15, -0.1) is 0 Å². The van der Waals surface area contributed by atoms with Gasteiger partial charge in [0.05, 0.1) is 24.1 Å². The Hall–Kier alpha value is -2.48. The Morgan fingerprint density at radius 1 is 1.21 bits per heavy atom. The molecule has 0 aliphatic carbocycles. The lowest BCUT2D eigenvalue weighted by molar-refractivity contribution is -0.118. The number of anilines is 1. The fraction of sp³-hybridized carbons (Fsp3) is 0.200. The number of nitrogens with zero attached hydrogens (tertiary/aromatic N) is 2. The zero-order valence-corrected chi connectivity index (χ0v) is 16.7. The Labute approximate surface area is 168 Å². The standard InChI is InChI=1S/C20H18ClN3O3S/c1-28(26,27)24-11-14-6-7-15(21)8-17(14)18(12-24)20(25)23-19-10-22-9-13-4-2-3-5-16(13)19/h2-10,18H,11-12H2,1H3,(H,23,25)/t18-/m0/s1. The van der Waals surface area contributed by atoms with Gasteiger partial charge in [0.1, 0.15) is 0 Å². The van der Waals surface area contributed by atoms with Crippen molar-refractivity contribution >= 4 is 44.0 Å². The number of pyridine rings is 1. The molecule has 0 radical (unpaired) electrons. The van der Waals surface area contributed by atoms with Crippen LogP contribution >= 0.6 is 11.6 Å². The SMILES string of the molecule is CS(=O)(=O)N1Cc2ccc(Cl)cc2[C@@H](C(=O)Nc2cncc3ccccc23)C1. The minimum atomic E-state index is -3.44. The summed E-state index contributed by atoms with van der Waals surface area (Å²) in [5, 5.41) is 5.21. The molecule has 0 saturated carbocycles. The van der Waals surface area contributed by atoms with Gasteiger partial charge in [-0.25, -0.2) is 8.42 Å². The van der Waals surface area contributed by atoms with Gasteiger partial charge in [-0.1, -0.05) is 41.9 Å². The molecule has 1 N–H and O–H groups in total. The van der Waals surface area contributed by atoms with Gasteiger partial charge in [-0.2, -0.15) is 4.31 Å². The summed E-state index contributed by atoms with van der Waals surface area (Å²) in [5.41, 5.74) is 2.11. The smallest absolute Gasteiger partial charge is 0.233 e. The number of sulfonamides is 1. The van der Waals surface area contributed by atoms with Crippen LogP contribution in [-0.2, 0) is 21.4 Å². The maximum Gasteiger partial charge on any atom is 0.233 e. The van der Waals surface area contributed by atoms with E-state index in [1.54, 1.807) is 30.6 Å². The van der Waals surface area contributed by atoms with Gasteiger partial charge in [0, 0.05) is 35.1 Å². The number of halogens is 1. The molecule has 6 nitrogen and oxygen atoms in total. The van der Waals surface area contributed by atoms with Gasteiger partial charge in [0.25, 0.3) is 0 Å². The number of hydrogen-bond donors (Lipinski definition) is 1. The molecule has 0 saturated heterocycles. The molecule has 0 spiro atoms. The van der Waals surface area contributed by atoms with E-state index in [2.05, 4.69) is 10.3 Å². The second-order valence-electron chi connectivity index (χ2n) is 6.85. The summed E-state index contributed by atoms with van der Waals surface area (Å²) in [5.74, 6) is -0.967. The predicted octanol–water partition coefficient (Wildman–Crippen LogP) is 3.39. The monoisotopic (exact) mass is 415 g/mol. The number of benzene rings is 2. The zero-order valence-electron chi connectivity index (χ0n) is 15.1. The van der Waals surface area contributed by atoms with Crippen molar-refractivity contribution in [1.82, 2.24) is 9.29 Å². The molecule has 1 atom stereocenters. The lowest BCUT2D eigenvalue weighted by Gasteiger charge is -2.32. The van der Waals surface area contributed by atoms with Gasteiger partial charge >= 0.3 is 0 Å². The quantitative estimate of drug-likeness (QED) is 0.711. The van der Waals surface area contributed by atoms with Gasteiger partial charge in [-0.3, -0.25) is 9.78 Å². The third-order valence-electron chi connectivity index (χ3n) is 4.93. The average molecular weight is 416 g/mol. The van der Waals surface area contributed by atoms with E-state index in [0.717, 1.165) is 28.2 Å². The summed E-state index contributed by atoms with van der Waals surface area (Å²) >= 11 is 6.14. The van der Waals surface area contributed by atoms with Crippen LogP contribution in [0.2, 0.25) is 5.02 Å². The van der Waals surface area contributed by atoms with Crippen LogP contribution in [0.4, 0.5) is 5.69 Å². The van der Waals surface area contributed by atoms with Crippen molar-refractivity contribution < 1.29 is 13.2 Å². The Bertz CT molecular complexity index is 1180. The Balaban J connectivity index is 1.72. The van der Waals surface area contributed by atoms with E-state index < -0.39 is 15.9 Å². The molecule has 1 amide bonds. The van der Waals surface area contributed by atoms with E-state index in [1.165, 1.54) is 4.31 Å². The molecule has 8 heteroatoms. The van der Waals surface area contributed by atoms with Crippen LogP contribution in [0, 0.1) is 0 Å². The molecule has 1 aliphatic rings. The molecule has 144 valence electrons. The third-order valence-corrected chi connectivity index (χ3v) is 6.38. The van der Waals surface area contributed by atoms with Crippen molar-refractivity contribution in [3.63, 3.8) is 0 Å². The first-order valence-corrected chi connectivity index (χ1v) is 10.9. The van der Waals surface area contributed by atoms with E-state index in [-0.39, 0.29) is 19.0 Å². The van der Waals surface area contributed by atoms with Crippen molar-refractivity contribution in [2.24, 2.45) is 0 Å². The van der Waals surface area contributed by atoms with E-state index in [9.17, 15) is 13.2 Å². The third kappa shape index (κ3) is 3.61. The van der Waals surface area contributed by atoms with Crippen LogP contribution in [0.25, 0.3) is 10.8 Å². The van der Waals surface area contributed by atoms with Crippen LogP contribution in [0.15, 0.2) is 54.9 Å². The Kier molecular flexibility index (Phi) is 4.82. The number of hydrogen-bond acceptors (Lipinski definition) is 4. The topological polar surface area (TPSA) is 79.4 Å². The van der Waals surface area contributed by atoms with E-state index in [0.29, 0.717) is 10.7 Å². The number of fused-ring (bicyclic) bond motifs is 2. The Morgan fingerprint density at radius 3 is 2.79 bits per heavy atom. The molecule has 1 aromatic heterocycles. The van der Waals surface area contributed by atoms with Crippen molar-refractivity contribution in [2.75, 3.05) is 18.1 Å². The normalized spacial score (nSPS) is 17.3. The Morgan fingerprint density at radius 2 is 2.00 bits per heavy atom. The first-order valence-electron chi connectivity index (χ1n) is 8.70. The number of nitrogens with one attached hydrogen (secondary N) is 1. The lowest BCUT2D eigenvalue weighted by atomic mass is 9.90. The van der Waals surface area contributed by atoms with Crippen LogP contribution < -0.4 is 5.32 Å². The molecule has 0 unspecified atom stereocenters. The second kappa shape index (κ2) is 7.16. The van der Waals surface area contributed by atoms with Crippen LogP contribution in [0.1, 0.15) is 17.0 Å². The summed E-state index contributed by atoms with van der Waals surface area (Å²) in [7, 11) is -3.44. The number of aromatic nitrogens is 1. The zero-order chi connectivity index (χ0) is 19.9. The van der Waals surface area contributed by atoms with Crippen LogP contribution in [-0.4, -0.2) is 36.4 Å². The molecule has 0 bridgehead atoms. The van der Waals surface area contributed by atoms with Crippen LogP contribution in [0.5, 0.6) is 0 Å². The van der Waals surface area contributed by atoms with Crippen molar-refractivity contribution in [1.29, 1.82) is 0 Å². The fourth-order valence-electron chi connectivity index (χ4n) is 3.50. The first-order chi connectivity index (χ1) is 13.3. The van der Waals surface area contributed by atoms with Crippen molar-refractivity contribution in [3.8, 4) is 0 Å². The van der Waals surface area contributed by atoms with E-state index in [4.69, 9.17) is 11.6 Å². The second-order valence-corrected chi connectivity index (χ2v) is 9.27. The molecule has 2 heterocycles. The molecule has 2 aromatic carbocycles. The highest BCUT2D eigenvalue weighted by Crippen LogP contribution is 2.33. The minimum Gasteiger partial charge on any atom is -0.324 e. The van der Waals surface area contributed by atoms with Gasteiger partial charge in [0.2, 0.25) is 15.9 Å². The number of carbonyl (C=O) groups excluding carboxylic acids is 1. The van der Waals surface area contributed by atoms with Gasteiger partial charge < -0.3 is 5.32 Å². The minimum absolute atomic E-state index is 0.0657. The maximum atomic E-state index is 13.2. The molecule has 4 rings (SSSR count). The number of carbonyl (C=O) groups is 1. The molecule has 1 aliphatic heterocycles. The average Bonchev–Trinajstić information content (AvgIpc) is 2.66. The van der Waals surface area contributed by atoms with Gasteiger partial charge in [0.15, 0.2) is 0 Å². The van der Waals surface area contributed by atoms with E-state index >= 15 is 0 Å². The first kappa shape index (κ1) is 18.9. The molecule has 0 fully saturated rings. The van der Waals surface area contributed by atoms with Crippen molar-refractivity contribution in [2.45, 2.75) is 12.5 Å². The van der Waals surface area contributed by atoms with Crippen molar-refractivity contribution in [3.05, 3.63) is 71.0 Å². The summed E-state index contributed by atoms with van der Waals surface area (Å²) in [4.78, 5) is 17.3. The summed E-state index contributed by atoms with van der Waals surface area (Å²) in [6.07, 6.45) is 4.47. The van der Waals surface area contributed by atoms with Crippen LogP contribution in [0.3, 0.4) is 0 Å².